The Balaban J connectivity index is 1.46. The monoisotopic (exact) mass is 471 g/mol. The van der Waals surface area contributed by atoms with E-state index >= 15 is 0 Å². The highest BCUT2D eigenvalue weighted by Crippen LogP contribution is 2.31. The van der Waals surface area contributed by atoms with Crippen LogP contribution >= 0.6 is 0 Å². The van der Waals surface area contributed by atoms with E-state index in [0.717, 1.165) is 45.8 Å². The van der Waals surface area contributed by atoms with Crippen LogP contribution in [0.3, 0.4) is 0 Å². The maximum atomic E-state index is 12.8. The molecule has 4 rings (SSSR count). The molecule has 0 amide bonds. The van der Waals surface area contributed by atoms with E-state index in [4.69, 9.17) is 9.05 Å². The Hall–Kier alpha value is -4.15. The number of hydrogen-bond acceptors (Lipinski definition) is 6. The van der Waals surface area contributed by atoms with Crippen LogP contribution in [0.5, 0.6) is 0 Å². The Morgan fingerprint density at radius 2 is 1.91 bits per heavy atom. The number of aromatic nitrogens is 3. The van der Waals surface area contributed by atoms with Crippen LogP contribution in [0.4, 0.5) is 24.7 Å². The molecule has 2 heterocycles. The Kier molecular flexibility index (Phi) is 6.10. The second-order valence-electron chi connectivity index (χ2n) is 7.71. The number of anilines is 1. The first-order valence-electron chi connectivity index (χ1n) is 10.2. The Morgan fingerprint density at radius 3 is 2.59 bits per heavy atom. The third-order valence-electron chi connectivity index (χ3n) is 5.09. The summed E-state index contributed by atoms with van der Waals surface area (Å²) in [6, 6.07) is 9.29. The van der Waals surface area contributed by atoms with Crippen molar-refractivity contribution in [2.75, 3.05) is 5.32 Å². The highest BCUT2D eigenvalue weighted by Gasteiger charge is 2.30. The van der Waals surface area contributed by atoms with Crippen molar-refractivity contribution < 1.29 is 32.0 Å². The molecule has 2 aromatic carbocycles. The van der Waals surface area contributed by atoms with E-state index in [0.29, 0.717) is 6.54 Å². The summed E-state index contributed by atoms with van der Waals surface area (Å²) >= 11 is 0. The van der Waals surface area contributed by atoms with Gasteiger partial charge in [0.05, 0.1) is 17.3 Å². The van der Waals surface area contributed by atoms with Gasteiger partial charge in [-0.2, -0.15) is 13.2 Å². The van der Waals surface area contributed by atoms with Crippen molar-refractivity contribution >= 4 is 17.6 Å². The lowest BCUT2D eigenvalue weighted by atomic mass is 9.97. The molecule has 0 fully saturated rings. The minimum Gasteiger partial charge on any atom is -0.846 e. The van der Waals surface area contributed by atoms with Gasteiger partial charge in [-0.1, -0.05) is 23.4 Å². The smallest absolute Gasteiger partial charge is 0.416 e. The van der Waals surface area contributed by atoms with Gasteiger partial charge in [-0.15, -0.1) is 0 Å². The summed E-state index contributed by atoms with van der Waals surface area (Å²) in [7, 11) is 0. The number of alkyl halides is 3. The summed E-state index contributed by atoms with van der Waals surface area (Å²) in [5.41, 5.74) is 3.85. The fraction of sp³-hybridized carbons (Fsp3) is 0.217. The quantitative estimate of drug-likeness (QED) is 0.267. The number of nitrogens with zero attached hydrogens (tertiary/aromatic N) is 4. The van der Waals surface area contributed by atoms with Crippen LogP contribution in [0, 0.1) is 20.8 Å². The largest absolute Gasteiger partial charge is 0.846 e. The second-order valence-corrected chi connectivity index (χ2v) is 7.71. The molecule has 0 atom stereocenters. The molecule has 0 aliphatic rings. The minimum absolute atomic E-state index is 0.0372. The lowest BCUT2D eigenvalue weighted by molar-refractivity contribution is -0.754. The summed E-state index contributed by atoms with van der Waals surface area (Å²) in [4.78, 5) is 3.69. The summed E-state index contributed by atoms with van der Waals surface area (Å²) < 4.78 is 50.2. The normalized spacial score (nSPS) is 12.2. The van der Waals surface area contributed by atoms with Crippen molar-refractivity contribution in [3.8, 4) is 11.1 Å². The van der Waals surface area contributed by atoms with Crippen molar-refractivity contribution in [1.29, 1.82) is 0 Å². The predicted octanol–water partition coefficient (Wildman–Crippen LogP) is 4.07. The molecule has 2 aromatic heterocycles. The zero-order valence-electron chi connectivity index (χ0n) is 18.5. The van der Waals surface area contributed by atoms with Gasteiger partial charge in [0.1, 0.15) is 5.76 Å². The molecule has 34 heavy (non-hydrogen) atoms. The van der Waals surface area contributed by atoms with Crippen molar-refractivity contribution in [3.05, 3.63) is 76.8 Å². The molecule has 0 radical (unpaired) electrons. The third kappa shape index (κ3) is 5.08. The number of aliphatic imine (C=N–C) groups is 1. The number of amidine groups is 1. The molecular weight excluding hydrogens is 451 g/mol. The van der Waals surface area contributed by atoms with Crippen molar-refractivity contribution in [2.24, 2.45) is 4.99 Å². The molecule has 11 heteroatoms. The highest BCUT2D eigenvalue weighted by atomic mass is 19.4. The number of hydrogen-bond donors (Lipinski definition) is 1. The molecule has 0 spiro atoms. The Morgan fingerprint density at radius 1 is 1.12 bits per heavy atom. The van der Waals surface area contributed by atoms with Crippen LogP contribution in [0.15, 0.2) is 62.7 Å². The van der Waals surface area contributed by atoms with E-state index < -0.39 is 17.8 Å². The SMILES string of the molecule is Cc1cc(C[n+]2cc(N=C([O-])Nc3cccc(C(F)(F)F)c3)on2)ccc1-c1c(C)noc1C. The average molecular weight is 471 g/mol. The van der Waals surface area contributed by atoms with Gasteiger partial charge in [-0.3, -0.25) is 4.52 Å². The first kappa shape index (κ1) is 23.0. The number of rotatable bonds is 5. The van der Waals surface area contributed by atoms with Crippen LogP contribution < -0.4 is 15.1 Å². The third-order valence-corrected chi connectivity index (χ3v) is 5.09. The van der Waals surface area contributed by atoms with Gasteiger partial charge in [0.25, 0.3) is 6.20 Å². The molecule has 0 aliphatic carbocycles. The van der Waals surface area contributed by atoms with Crippen LogP contribution in [0.25, 0.3) is 11.1 Å². The molecule has 0 bridgehead atoms. The van der Waals surface area contributed by atoms with Crippen molar-refractivity contribution in [3.63, 3.8) is 0 Å². The number of benzene rings is 2. The number of aryl methyl sites for hydroxylation is 3. The fourth-order valence-electron chi connectivity index (χ4n) is 3.58. The van der Waals surface area contributed by atoms with Crippen LogP contribution in [0.1, 0.15) is 28.1 Å². The predicted molar refractivity (Wildman–Crippen MR) is 114 cm³/mol. The van der Waals surface area contributed by atoms with Gasteiger partial charge in [-0.05, 0) is 60.8 Å². The maximum Gasteiger partial charge on any atom is 0.416 e. The van der Waals surface area contributed by atoms with Gasteiger partial charge in [0.15, 0.2) is 0 Å². The Labute approximate surface area is 192 Å². The number of nitrogens with one attached hydrogen (secondary N) is 1. The zero-order valence-corrected chi connectivity index (χ0v) is 18.5. The molecule has 0 aliphatic heterocycles. The van der Waals surface area contributed by atoms with Crippen LogP contribution in [-0.2, 0) is 12.7 Å². The minimum atomic E-state index is -4.52. The van der Waals surface area contributed by atoms with E-state index in [1.807, 2.05) is 39.0 Å². The number of halogens is 3. The molecule has 0 saturated carbocycles. The first-order chi connectivity index (χ1) is 16.1. The van der Waals surface area contributed by atoms with Gasteiger partial charge in [-0.25, -0.2) is 4.99 Å². The molecule has 0 saturated heterocycles. The molecule has 176 valence electrons. The zero-order chi connectivity index (χ0) is 24.5. The summed E-state index contributed by atoms with van der Waals surface area (Å²) in [6.45, 7) is 6.09. The molecule has 0 unspecified atom stereocenters. The lowest BCUT2D eigenvalue weighted by Gasteiger charge is -2.14. The van der Waals surface area contributed by atoms with Gasteiger partial charge in [0.2, 0.25) is 11.8 Å². The lowest BCUT2D eigenvalue weighted by Crippen LogP contribution is -2.35. The van der Waals surface area contributed by atoms with E-state index in [1.54, 1.807) is 0 Å². The topological polar surface area (TPSA) is 103 Å². The average Bonchev–Trinajstić information content (AvgIpc) is 3.33. The van der Waals surface area contributed by atoms with Gasteiger partial charge < -0.3 is 14.9 Å². The fourth-order valence-corrected chi connectivity index (χ4v) is 3.58. The van der Waals surface area contributed by atoms with Crippen molar-refractivity contribution in [1.82, 2.24) is 10.4 Å². The summed E-state index contributed by atoms with van der Waals surface area (Å²) in [6.07, 6.45) is -3.10. The Bertz CT molecular complexity index is 1340. The van der Waals surface area contributed by atoms with Crippen LogP contribution in [-0.4, -0.2) is 16.4 Å². The molecule has 8 nitrogen and oxygen atoms in total. The van der Waals surface area contributed by atoms with E-state index in [-0.39, 0.29) is 11.6 Å². The molecule has 1 N–H and O–H groups in total. The first-order valence-corrected chi connectivity index (χ1v) is 10.2. The molecule has 4 aromatic rings. The maximum absolute atomic E-state index is 12.8. The molecular formula is C23H20F3N5O3. The van der Waals surface area contributed by atoms with Gasteiger partial charge in [0, 0.05) is 16.8 Å². The van der Waals surface area contributed by atoms with Crippen molar-refractivity contribution in [2.45, 2.75) is 33.5 Å². The second kappa shape index (κ2) is 9.00. The standard InChI is InChI=1S/C23H20F3N5O3/c1-13-9-16(7-8-19(13)21-14(2)29-33-15(21)3)11-31-12-20(34-30-31)28-22(32)27-18-6-4-5-17(10-18)23(24,25)26/h4-10,12H,11H2,1-3H3,(H-,27,28,30,32). The summed E-state index contributed by atoms with van der Waals surface area (Å²) in [5, 5.41) is 22.2. The summed E-state index contributed by atoms with van der Waals surface area (Å²) in [5.74, 6) is 0.655. The van der Waals surface area contributed by atoms with Gasteiger partial charge >= 0.3 is 12.1 Å². The van der Waals surface area contributed by atoms with E-state index in [9.17, 15) is 18.3 Å². The van der Waals surface area contributed by atoms with Crippen LogP contribution in [0.2, 0.25) is 0 Å². The highest BCUT2D eigenvalue weighted by molar-refractivity contribution is 5.87. The van der Waals surface area contributed by atoms with E-state index in [2.05, 4.69) is 20.7 Å². The van der Waals surface area contributed by atoms with E-state index in [1.165, 1.54) is 23.0 Å².